The van der Waals surface area contributed by atoms with Crippen LogP contribution < -0.4 is 0 Å². The fourth-order valence-electron chi connectivity index (χ4n) is 2.91. The van der Waals surface area contributed by atoms with Crippen LogP contribution in [-0.4, -0.2) is 32.3 Å². The molecule has 0 aliphatic heterocycles. The van der Waals surface area contributed by atoms with E-state index in [4.69, 9.17) is 0 Å². The predicted octanol–water partition coefficient (Wildman–Crippen LogP) is 7.60. The van der Waals surface area contributed by atoms with Crippen LogP contribution in [0.5, 0.6) is 0 Å². The van der Waals surface area contributed by atoms with Gasteiger partial charge >= 0.3 is 26.2 Å². The SMILES string of the molecule is C[Si](C)(C)C1=[C-]C([Si](C)(C)C)=CC1.C[Si](C)(C)C1=[C-]C([Si](C)(C)C)=CC1.[Zr+2]. The minimum absolute atomic E-state index is 0. The van der Waals surface area contributed by atoms with Gasteiger partial charge in [-0.3, -0.25) is 12.2 Å². The molecule has 0 saturated carbocycles. The van der Waals surface area contributed by atoms with E-state index in [2.05, 4.69) is 103 Å². The smallest absolute Gasteiger partial charge is 0.258 e. The van der Waals surface area contributed by atoms with E-state index in [9.17, 15) is 0 Å². The Morgan fingerprint density at radius 3 is 0.889 bits per heavy atom. The molecule has 0 radical (unpaired) electrons. The molecule has 2 aliphatic carbocycles. The van der Waals surface area contributed by atoms with E-state index < -0.39 is 32.3 Å². The average Bonchev–Trinajstić information content (AvgIpc) is 3.06. The molecule has 0 bridgehead atoms. The first-order chi connectivity index (χ1) is 11.4. The Labute approximate surface area is 193 Å². The van der Waals surface area contributed by atoms with E-state index in [0.717, 1.165) is 0 Å². The maximum Gasteiger partial charge on any atom is 2.00 e. The molecule has 0 amide bonds. The van der Waals surface area contributed by atoms with Crippen molar-refractivity contribution in [1.29, 1.82) is 0 Å². The van der Waals surface area contributed by atoms with E-state index in [1.54, 1.807) is 20.8 Å². The predicted molar refractivity (Wildman–Crippen MR) is 132 cm³/mol. The molecule has 0 heterocycles. The molecule has 5 heteroatoms. The van der Waals surface area contributed by atoms with Crippen molar-refractivity contribution in [2.24, 2.45) is 0 Å². The van der Waals surface area contributed by atoms with Crippen LogP contribution in [0.15, 0.2) is 32.9 Å². The van der Waals surface area contributed by atoms with Gasteiger partial charge in [-0.1, -0.05) is 78.6 Å². The zero-order valence-corrected chi connectivity index (χ0v) is 26.5. The van der Waals surface area contributed by atoms with Crippen LogP contribution >= 0.6 is 0 Å². The maximum absolute atomic E-state index is 3.67. The van der Waals surface area contributed by atoms with Crippen molar-refractivity contribution in [3.05, 3.63) is 45.1 Å². The molecule has 2 aliphatic rings. The van der Waals surface area contributed by atoms with Crippen molar-refractivity contribution in [1.82, 2.24) is 0 Å². The maximum atomic E-state index is 3.67. The second kappa shape index (κ2) is 9.68. The fourth-order valence-corrected chi connectivity index (χ4v) is 8.09. The first-order valence-electron chi connectivity index (χ1n) is 10.1. The summed E-state index contributed by atoms with van der Waals surface area (Å²) in [6, 6.07) is 0. The summed E-state index contributed by atoms with van der Waals surface area (Å²) in [7, 11) is -4.32. The Balaban J connectivity index is 0.000000483. The van der Waals surface area contributed by atoms with E-state index in [1.807, 2.05) is 0 Å². The second-order valence-corrected chi connectivity index (χ2v) is 32.1. The van der Waals surface area contributed by atoms with Crippen molar-refractivity contribution in [3.8, 4) is 0 Å². The number of allylic oxidation sites excluding steroid dienone is 8. The molecule has 0 nitrogen and oxygen atoms in total. The molecule has 0 unspecified atom stereocenters. The van der Waals surface area contributed by atoms with Crippen LogP contribution in [0.25, 0.3) is 0 Å². The van der Waals surface area contributed by atoms with Gasteiger partial charge in [0.2, 0.25) is 0 Å². The van der Waals surface area contributed by atoms with Crippen molar-refractivity contribution < 1.29 is 26.2 Å². The van der Waals surface area contributed by atoms with Crippen LogP contribution in [0, 0.1) is 12.2 Å². The van der Waals surface area contributed by atoms with E-state index >= 15 is 0 Å². The molecular weight excluding hydrogens is 468 g/mol. The second-order valence-electron chi connectivity index (χ2n) is 11.9. The standard InChI is InChI=1S/2C11H21Si2.Zr/c2*1-12(2,3)10-7-8-11(9-10)13(4,5)6;/h2*7H,8H2,1-6H3;/q2*-1;+2. The Kier molecular flexibility index (Phi) is 9.93. The van der Waals surface area contributed by atoms with Gasteiger partial charge in [0, 0.05) is 16.1 Å². The summed E-state index contributed by atoms with van der Waals surface area (Å²) < 4.78 is 0. The molecule has 150 valence electrons. The van der Waals surface area contributed by atoms with Gasteiger partial charge in [0.25, 0.3) is 0 Å². The van der Waals surface area contributed by atoms with Crippen LogP contribution in [0.3, 0.4) is 0 Å². The van der Waals surface area contributed by atoms with Crippen molar-refractivity contribution in [2.45, 2.75) is 91.4 Å². The Bertz CT molecular complexity index is 582. The third-order valence-corrected chi connectivity index (χ3v) is 13.2. The molecule has 0 atom stereocenters. The van der Waals surface area contributed by atoms with Crippen LogP contribution in [-0.2, 0) is 26.2 Å². The monoisotopic (exact) mass is 508 g/mol. The zero-order valence-electron chi connectivity index (χ0n) is 20.1. The number of hydrogen-bond donors (Lipinski definition) is 0. The summed E-state index contributed by atoms with van der Waals surface area (Å²) >= 11 is 0. The summed E-state index contributed by atoms with van der Waals surface area (Å²) in [5.41, 5.74) is 0. The molecular formula is C22H42Si4Zr. The van der Waals surface area contributed by atoms with Gasteiger partial charge in [-0.05, 0) is 0 Å². The van der Waals surface area contributed by atoms with Crippen LogP contribution in [0.4, 0.5) is 0 Å². The van der Waals surface area contributed by atoms with Gasteiger partial charge in [-0.15, -0.1) is 12.8 Å². The molecule has 0 aromatic rings. The topological polar surface area (TPSA) is 0 Å². The molecule has 0 aromatic carbocycles. The van der Waals surface area contributed by atoms with Gasteiger partial charge in [0.15, 0.2) is 0 Å². The van der Waals surface area contributed by atoms with E-state index in [-0.39, 0.29) is 26.2 Å². The van der Waals surface area contributed by atoms with Gasteiger partial charge in [-0.2, -0.15) is 10.4 Å². The largest absolute Gasteiger partial charge is 2.00 e. The summed E-state index contributed by atoms with van der Waals surface area (Å²) in [6.45, 7) is 28.9. The molecule has 27 heavy (non-hydrogen) atoms. The van der Waals surface area contributed by atoms with Crippen LogP contribution in [0.2, 0.25) is 78.6 Å². The third-order valence-electron chi connectivity index (χ3n) is 5.02. The Hall–Kier alpha value is 0.711. The quantitative estimate of drug-likeness (QED) is 0.270. The molecule has 0 aromatic heterocycles. The molecule has 0 N–H and O–H groups in total. The first-order valence-corrected chi connectivity index (χ1v) is 24.1. The minimum Gasteiger partial charge on any atom is -0.258 e. The number of hydrogen-bond acceptors (Lipinski definition) is 0. The normalized spacial score (nSPS) is 17.9. The Morgan fingerprint density at radius 2 is 0.778 bits per heavy atom. The van der Waals surface area contributed by atoms with E-state index in [1.165, 1.54) is 12.8 Å². The van der Waals surface area contributed by atoms with Gasteiger partial charge < -0.3 is 0 Å². The summed E-state index contributed by atoms with van der Waals surface area (Å²) in [6.07, 6.45) is 14.6. The zero-order chi connectivity index (χ0) is 20.6. The number of rotatable bonds is 4. The van der Waals surface area contributed by atoms with Gasteiger partial charge in [0.1, 0.15) is 0 Å². The molecule has 0 saturated heterocycles. The first kappa shape index (κ1) is 27.7. The summed E-state index contributed by atoms with van der Waals surface area (Å²) in [5, 5.41) is 6.32. The molecule has 2 rings (SSSR count). The summed E-state index contributed by atoms with van der Waals surface area (Å²) in [5.74, 6) is 0. The van der Waals surface area contributed by atoms with Gasteiger partial charge in [0.05, 0.1) is 16.1 Å². The third kappa shape index (κ3) is 8.94. The van der Waals surface area contributed by atoms with Crippen LogP contribution in [0.1, 0.15) is 12.8 Å². The summed E-state index contributed by atoms with van der Waals surface area (Å²) in [4.78, 5) is 0. The van der Waals surface area contributed by atoms with E-state index in [0.29, 0.717) is 0 Å². The Morgan fingerprint density at radius 1 is 0.519 bits per heavy atom. The molecule has 0 spiro atoms. The van der Waals surface area contributed by atoms with Gasteiger partial charge in [-0.25, -0.2) is 22.5 Å². The van der Waals surface area contributed by atoms with Crippen molar-refractivity contribution in [2.75, 3.05) is 0 Å². The minimum atomic E-state index is -1.09. The average molecular weight is 510 g/mol. The fraction of sp³-hybridized carbons (Fsp3) is 0.636. The van der Waals surface area contributed by atoms with Crippen molar-refractivity contribution in [3.63, 3.8) is 0 Å². The molecule has 0 fully saturated rings. The van der Waals surface area contributed by atoms with Crippen molar-refractivity contribution >= 4 is 32.3 Å².